The second-order valence-corrected chi connectivity index (χ2v) is 46.9. The third-order valence-electron chi connectivity index (χ3n) is 15.0. The molecule has 0 aliphatic carbocycles. The van der Waals surface area contributed by atoms with Crippen LogP contribution in [0.1, 0.15) is 129 Å². The highest BCUT2D eigenvalue weighted by Crippen LogP contribution is 2.57. The van der Waals surface area contributed by atoms with E-state index in [1.54, 1.807) is 0 Å². The number of rotatable bonds is 31. The van der Waals surface area contributed by atoms with Crippen molar-refractivity contribution in [3.8, 4) is 0 Å². The van der Waals surface area contributed by atoms with Gasteiger partial charge in [-0.2, -0.15) is 0 Å². The summed E-state index contributed by atoms with van der Waals surface area (Å²) in [6.07, 6.45) is 3.25. The van der Waals surface area contributed by atoms with Crippen molar-refractivity contribution < 1.29 is 32.6 Å². The van der Waals surface area contributed by atoms with Gasteiger partial charge in [-0.1, -0.05) is 153 Å². The molecule has 0 aromatic heterocycles. The highest BCUT2D eigenvalue weighted by atomic mass is 32.2. The van der Waals surface area contributed by atoms with Crippen molar-refractivity contribution in [3.05, 3.63) is 47.5 Å². The van der Waals surface area contributed by atoms with Crippen molar-refractivity contribution in [1.82, 2.24) is 0 Å². The van der Waals surface area contributed by atoms with Crippen molar-refractivity contribution in [1.29, 1.82) is 0 Å². The first-order valence-electron chi connectivity index (χ1n) is 25.5. The van der Waals surface area contributed by atoms with Crippen LogP contribution in [0.15, 0.2) is 42.0 Å². The molecule has 1 saturated heterocycles. The van der Waals surface area contributed by atoms with Gasteiger partial charge in [-0.3, -0.25) is 0 Å². The summed E-state index contributed by atoms with van der Waals surface area (Å²) in [6, 6.07) is 14.6. The first-order chi connectivity index (χ1) is 30.1. The van der Waals surface area contributed by atoms with Crippen molar-refractivity contribution in [3.63, 3.8) is 0 Å². The molecule has 0 bridgehead atoms. The third-order valence-corrected chi connectivity index (χ3v) is 36.2. The number of hydrogen-bond donors (Lipinski definition) is 1. The number of hydrogen-bond acceptors (Lipinski definition) is 9. The number of benzene rings is 1. The molecule has 1 aliphatic heterocycles. The van der Waals surface area contributed by atoms with Gasteiger partial charge in [-0.25, -0.2) is 0 Å². The summed E-state index contributed by atoms with van der Waals surface area (Å²) in [5.74, 6) is 1.99. The quantitative estimate of drug-likeness (QED) is 0.0339. The predicted octanol–water partition coefficient (Wildman–Crippen LogP) is 15.6. The predicted molar refractivity (Wildman–Crippen MR) is 296 cm³/mol. The normalized spacial score (nSPS) is 18.1. The number of aliphatic hydroxyl groups excluding tert-OH is 1. The van der Waals surface area contributed by atoms with E-state index in [2.05, 4.69) is 167 Å². The molecule has 1 fully saturated rings. The maximum Gasteiger partial charge on any atom is 0.200 e. The Morgan fingerprint density at radius 1 is 0.800 bits per heavy atom. The van der Waals surface area contributed by atoms with E-state index in [4.69, 9.17) is 27.5 Å². The summed E-state index contributed by atoms with van der Waals surface area (Å²) in [6.45, 7) is 49.1. The third kappa shape index (κ3) is 17.8. The van der Waals surface area contributed by atoms with E-state index >= 15 is 0 Å². The van der Waals surface area contributed by atoms with E-state index in [9.17, 15) is 5.11 Å². The lowest BCUT2D eigenvalue weighted by atomic mass is 9.82. The summed E-state index contributed by atoms with van der Waals surface area (Å²) >= 11 is 3.85. The molecule has 4 atom stereocenters. The van der Waals surface area contributed by atoms with Crippen molar-refractivity contribution in [2.24, 2.45) is 5.41 Å². The van der Waals surface area contributed by atoms with E-state index in [0.717, 1.165) is 53.2 Å². The molecule has 65 heavy (non-hydrogen) atoms. The molecule has 0 amide bonds. The second-order valence-electron chi connectivity index (χ2n) is 23.4. The fraction of sp³-hybridized carbons (Fsp3) is 0.846. The van der Waals surface area contributed by atoms with Gasteiger partial charge in [0.05, 0.1) is 48.3 Å². The van der Waals surface area contributed by atoms with E-state index in [-0.39, 0.29) is 35.6 Å². The van der Waals surface area contributed by atoms with Crippen molar-refractivity contribution in [2.45, 2.75) is 237 Å². The summed E-state index contributed by atoms with van der Waals surface area (Å²) in [7, 11) is -7.79. The average Bonchev–Trinajstić information content (AvgIpc) is 3.22. The minimum Gasteiger partial charge on any atom is -0.414 e. The average molecular weight is 1020 g/mol. The lowest BCUT2D eigenvalue weighted by Gasteiger charge is -2.51. The van der Waals surface area contributed by atoms with Crippen LogP contribution in [-0.2, 0) is 34.1 Å². The van der Waals surface area contributed by atoms with Gasteiger partial charge in [-0.15, -0.1) is 23.5 Å². The molecule has 7 nitrogen and oxygen atoms in total. The smallest absolute Gasteiger partial charge is 0.200 e. The summed E-state index contributed by atoms with van der Waals surface area (Å²) in [4.78, 5) is 0. The molecular formula is C52H102O7S2Si4. The Kier molecular flexibility index (Phi) is 25.7. The Balaban J connectivity index is 2.81. The lowest BCUT2D eigenvalue weighted by molar-refractivity contribution is -0.125. The fourth-order valence-electron chi connectivity index (χ4n) is 9.64. The van der Waals surface area contributed by atoms with Crippen molar-refractivity contribution in [2.75, 3.05) is 38.1 Å². The minimum atomic E-state index is -2.21. The van der Waals surface area contributed by atoms with Gasteiger partial charge in [0, 0.05) is 26.5 Å². The Labute approximate surface area is 414 Å². The molecule has 380 valence electrons. The Bertz CT molecular complexity index is 1470. The van der Waals surface area contributed by atoms with Crippen LogP contribution in [0.25, 0.3) is 0 Å². The Hall–Kier alpha value is 0.248. The monoisotopic (exact) mass is 1010 g/mol. The van der Waals surface area contributed by atoms with Crippen LogP contribution in [-0.4, -0.2) is 105 Å². The second kappa shape index (κ2) is 27.2. The molecule has 0 unspecified atom stereocenters. The minimum absolute atomic E-state index is 0.0476. The van der Waals surface area contributed by atoms with Crippen LogP contribution in [0, 0.1) is 5.41 Å². The van der Waals surface area contributed by atoms with Gasteiger partial charge in [0.15, 0.2) is 16.6 Å². The van der Waals surface area contributed by atoms with Gasteiger partial charge in [0.1, 0.15) is 6.79 Å². The summed E-state index contributed by atoms with van der Waals surface area (Å²) < 4.78 is 41.2. The van der Waals surface area contributed by atoms with Crippen LogP contribution >= 0.6 is 23.5 Å². The van der Waals surface area contributed by atoms with E-state index < -0.39 is 43.2 Å². The lowest BCUT2D eigenvalue weighted by Crippen LogP contribution is -2.54. The van der Waals surface area contributed by atoms with E-state index in [1.807, 2.05) is 29.6 Å². The zero-order valence-corrected chi connectivity index (χ0v) is 51.3. The van der Waals surface area contributed by atoms with E-state index in [1.165, 1.54) is 0 Å². The number of thioether (sulfide) groups is 2. The largest absolute Gasteiger partial charge is 0.414 e. The molecule has 13 heteroatoms. The van der Waals surface area contributed by atoms with Gasteiger partial charge in [-0.05, 0) is 101 Å². The Morgan fingerprint density at radius 3 is 1.85 bits per heavy atom. The molecule has 0 spiro atoms. The van der Waals surface area contributed by atoms with Crippen molar-refractivity contribution >= 4 is 56.5 Å². The van der Waals surface area contributed by atoms with Gasteiger partial charge >= 0.3 is 0 Å². The van der Waals surface area contributed by atoms with Crippen LogP contribution in [0.5, 0.6) is 0 Å². The zero-order chi connectivity index (χ0) is 49.5. The van der Waals surface area contributed by atoms with Gasteiger partial charge in [0.25, 0.3) is 0 Å². The Morgan fingerprint density at radius 2 is 1.35 bits per heavy atom. The molecule has 1 heterocycles. The fourth-order valence-corrected chi connectivity index (χ4v) is 23.8. The van der Waals surface area contributed by atoms with Crippen LogP contribution in [0.3, 0.4) is 0 Å². The van der Waals surface area contributed by atoms with Crippen LogP contribution in [0.4, 0.5) is 0 Å². The molecule has 1 aliphatic rings. The standard InChI is InChI=1S/C52H102O7S2Si4/c1-21-64(22-2,23-3)59-47(37-48(56-40-54-32-35-62(16,17)18)44(10)58-63(19,20)50(11,12)13)36-46(30-31-57-65(41(4)5,42(6)7)43(8)9)49(53)52(60-33-27-34-61-52)51(14,15)39-55-38-45-28-25-24-26-29-45/h24-26,28-30,41-44,47-49,53H,21-23,27,31-40H2,1-20H3/b46-30+/t44-,47+,48-,49-/m1/s1. The first kappa shape index (κ1) is 61.4. The number of ether oxygens (including phenoxy) is 3. The van der Waals surface area contributed by atoms with Gasteiger partial charge in [0.2, 0.25) is 8.32 Å². The molecule has 0 saturated carbocycles. The SMILES string of the molecule is CC[Si](CC)(CC)O[C@@H](C/C(=C\CO[Si](C(C)C)(C(C)C)C(C)C)[C@@H](O)C1(C(C)(C)COCc2ccccc2)SCCCS1)C[C@@H](OCOCC[Si](C)(C)C)[C@@H](C)O[Si](C)(C)C(C)(C)C. The zero-order valence-electron chi connectivity index (χ0n) is 45.6. The van der Waals surface area contributed by atoms with Gasteiger partial charge < -0.3 is 32.6 Å². The highest BCUT2D eigenvalue weighted by molar-refractivity contribution is 8.19. The molecular weight excluding hydrogens is 913 g/mol. The maximum atomic E-state index is 13.4. The van der Waals surface area contributed by atoms with E-state index in [0.29, 0.717) is 55.9 Å². The topological polar surface area (TPSA) is 75.6 Å². The molecule has 1 aromatic carbocycles. The molecule has 2 rings (SSSR count). The summed E-state index contributed by atoms with van der Waals surface area (Å²) in [5.41, 5.74) is 3.16. The van der Waals surface area contributed by atoms with Crippen LogP contribution < -0.4 is 0 Å². The molecule has 1 aromatic rings. The summed E-state index contributed by atoms with van der Waals surface area (Å²) in [5, 5.41) is 13.5. The highest BCUT2D eigenvalue weighted by Gasteiger charge is 2.54. The van der Waals surface area contributed by atoms with Crippen LogP contribution in [0.2, 0.25) is 78.6 Å². The molecule has 0 radical (unpaired) electrons. The first-order valence-corrected chi connectivity index (χ1v) is 38.8. The number of aliphatic hydroxyl groups is 1. The maximum absolute atomic E-state index is 13.4. The molecule has 1 N–H and O–H groups in total.